The first-order valence-electron chi connectivity index (χ1n) is 4.79. The third-order valence-corrected chi connectivity index (χ3v) is 3.08. The van der Waals surface area contributed by atoms with Crippen molar-refractivity contribution in [2.45, 2.75) is 4.90 Å². The van der Waals surface area contributed by atoms with E-state index in [0.717, 1.165) is 6.26 Å². The van der Waals surface area contributed by atoms with Crippen molar-refractivity contribution in [1.82, 2.24) is 5.43 Å². The van der Waals surface area contributed by atoms with Crippen LogP contribution in [0.25, 0.3) is 0 Å². The minimum Gasteiger partial charge on any atom is -0.306 e. The van der Waals surface area contributed by atoms with Crippen LogP contribution in [0.2, 0.25) is 0 Å². The normalized spacial score (nSPS) is 9.72. The Balaban J connectivity index is 2.70. The van der Waals surface area contributed by atoms with Gasteiger partial charge in [0.25, 0.3) is 0 Å². The van der Waals surface area contributed by atoms with E-state index in [1.165, 1.54) is 18.3 Å². The van der Waals surface area contributed by atoms with Gasteiger partial charge in [-0.15, -0.1) is 0 Å². The van der Waals surface area contributed by atoms with E-state index in [-0.39, 0.29) is 10.5 Å². The molecular formula is C11H10N4O2S. The van der Waals surface area contributed by atoms with Crippen molar-refractivity contribution >= 4 is 15.5 Å². The predicted molar refractivity (Wildman–Crippen MR) is 65.6 cm³/mol. The monoisotopic (exact) mass is 262 g/mol. The highest BCUT2D eigenvalue weighted by molar-refractivity contribution is 7.90. The quantitative estimate of drug-likeness (QED) is 0.617. The van der Waals surface area contributed by atoms with Crippen LogP contribution in [0.5, 0.6) is 0 Å². The van der Waals surface area contributed by atoms with Gasteiger partial charge in [0.05, 0.1) is 10.6 Å². The van der Waals surface area contributed by atoms with Gasteiger partial charge in [0.1, 0.15) is 17.7 Å². The highest BCUT2D eigenvalue weighted by Gasteiger charge is 2.05. The van der Waals surface area contributed by atoms with Gasteiger partial charge < -0.3 is 10.9 Å². The Morgan fingerprint density at radius 3 is 2.22 bits per heavy atom. The lowest BCUT2D eigenvalue weighted by atomic mass is 10.3. The lowest BCUT2D eigenvalue weighted by Gasteiger charge is -2.06. The topological polar surface area (TPSA) is 106 Å². The summed E-state index contributed by atoms with van der Waals surface area (Å²) in [5.41, 5.74) is 5.79. The summed E-state index contributed by atoms with van der Waals surface area (Å²) in [6, 6.07) is 9.41. The summed E-state index contributed by atoms with van der Waals surface area (Å²) < 4.78 is 22.4. The maximum Gasteiger partial charge on any atom is 0.175 e. The minimum atomic E-state index is -3.21. The van der Waals surface area contributed by atoms with E-state index in [0.29, 0.717) is 5.69 Å². The Kier molecular flexibility index (Phi) is 4.30. The van der Waals surface area contributed by atoms with Crippen molar-refractivity contribution in [2.75, 3.05) is 11.7 Å². The van der Waals surface area contributed by atoms with E-state index in [9.17, 15) is 8.42 Å². The van der Waals surface area contributed by atoms with E-state index in [4.69, 9.17) is 10.5 Å². The van der Waals surface area contributed by atoms with Crippen LogP contribution in [-0.4, -0.2) is 14.7 Å². The molecule has 0 aliphatic carbocycles. The first-order chi connectivity index (χ1) is 8.47. The molecule has 0 atom stereocenters. The van der Waals surface area contributed by atoms with Crippen molar-refractivity contribution in [3.8, 4) is 12.1 Å². The second-order valence-electron chi connectivity index (χ2n) is 3.35. The fraction of sp³-hybridized carbons (Fsp3) is 0.0909. The molecule has 0 bridgehead atoms. The smallest absolute Gasteiger partial charge is 0.175 e. The highest BCUT2D eigenvalue weighted by Crippen LogP contribution is 2.12. The summed E-state index contributed by atoms with van der Waals surface area (Å²) in [6.45, 7) is 0. The number of hydrogen-bond donors (Lipinski definition) is 2. The highest BCUT2D eigenvalue weighted by atomic mass is 32.2. The first-order valence-corrected chi connectivity index (χ1v) is 6.68. The van der Waals surface area contributed by atoms with E-state index in [2.05, 4.69) is 10.9 Å². The van der Waals surface area contributed by atoms with Gasteiger partial charge in [0, 0.05) is 12.5 Å². The molecule has 0 saturated heterocycles. The summed E-state index contributed by atoms with van der Waals surface area (Å²) in [4.78, 5) is 0.221. The molecule has 18 heavy (non-hydrogen) atoms. The largest absolute Gasteiger partial charge is 0.306 e. The summed E-state index contributed by atoms with van der Waals surface area (Å²) in [6.07, 6.45) is 2.34. The summed E-state index contributed by atoms with van der Waals surface area (Å²) >= 11 is 0. The zero-order chi connectivity index (χ0) is 13.6. The fourth-order valence-electron chi connectivity index (χ4n) is 1.07. The molecule has 6 nitrogen and oxygen atoms in total. The number of hydrazine groups is 1. The van der Waals surface area contributed by atoms with Crippen LogP contribution in [0, 0.1) is 22.7 Å². The maximum atomic E-state index is 11.2. The van der Waals surface area contributed by atoms with E-state index in [1.54, 1.807) is 24.3 Å². The number of benzene rings is 1. The van der Waals surface area contributed by atoms with Gasteiger partial charge in [-0.1, -0.05) is 0 Å². The van der Waals surface area contributed by atoms with E-state index >= 15 is 0 Å². The average Bonchev–Trinajstić information content (AvgIpc) is 2.34. The zero-order valence-corrected chi connectivity index (χ0v) is 10.3. The molecule has 1 rings (SSSR count). The average molecular weight is 262 g/mol. The Morgan fingerprint density at radius 1 is 1.22 bits per heavy atom. The second-order valence-corrected chi connectivity index (χ2v) is 5.36. The number of hydrogen-bond acceptors (Lipinski definition) is 6. The van der Waals surface area contributed by atoms with Crippen LogP contribution in [0.15, 0.2) is 40.9 Å². The standard InChI is InChI=1S/C11H10N4O2S/c1-18(16,17)11-4-2-10(3-5-11)15-14-8-9(6-12)7-13/h2-5,8,14-15H,1H3. The summed E-state index contributed by atoms with van der Waals surface area (Å²) in [7, 11) is -3.21. The van der Waals surface area contributed by atoms with Crippen molar-refractivity contribution < 1.29 is 8.42 Å². The Bertz CT molecular complexity index is 617. The Labute approximate surface area is 105 Å². The van der Waals surface area contributed by atoms with Gasteiger partial charge in [-0.25, -0.2) is 8.42 Å². The Morgan fingerprint density at radius 2 is 1.78 bits per heavy atom. The molecule has 1 aromatic rings. The molecule has 0 heterocycles. The summed E-state index contributed by atoms with van der Waals surface area (Å²) in [5, 5.41) is 16.9. The predicted octanol–water partition coefficient (Wildman–Crippen LogP) is 0.938. The lowest BCUT2D eigenvalue weighted by Crippen LogP contribution is -2.15. The number of nitrogens with one attached hydrogen (secondary N) is 2. The van der Waals surface area contributed by atoms with Crippen LogP contribution < -0.4 is 10.9 Å². The molecule has 0 aliphatic rings. The van der Waals surface area contributed by atoms with E-state index < -0.39 is 9.84 Å². The molecule has 0 saturated carbocycles. The minimum absolute atomic E-state index is 0.0738. The first kappa shape index (κ1) is 13.6. The van der Waals surface area contributed by atoms with Gasteiger partial charge in [0.15, 0.2) is 9.84 Å². The van der Waals surface area contributed by atoms with Crippen LogP contribution in [0.3, 0.4) is 0 Å². The molecule has 1 aromatic carbocycles. The molecule has 92 valence electrons. The SMILES string of the molecule is CS(=O)(=O)c1ccc(NNC=C(C#N)C#N)cc1. The van der Waals surface area contributed by atoms with Crippen LogP contribution >= 0.6 is 0 Å². The molecule has 0 radical (unpaired) electrons. The van der Waals surface area contributed by atoms with E-state index in [1.807, 2.05) is 0 Å². The summed E-state index contributed by atoms with van der Waals surface area (Å²) in [5.74, 6) is 0. The molecule has 0 unspecified atom stereocenters. The molecule has 0 amide bonds. The number of nitriles is 2. The fourth-order valence-corrected chi connectivity index (χ4v) is 1.70. The van der Waals surface area contributed by atoms with Gasteiger partial charge >= 0.3 is 0 Å². The molecule has 0 spiro atoms. The van der Waals surface area contributed by atoms with Gasteiger partial charge in [-0.2, -0.15) is 10.5 Å². The lowest BCUT2D eigenvalue weighted by molar-refractivity contribution is 0.602. The maximum absolute atomic E-state index is 11.2. The van der Waals surface area contributed by atoms with Gasteiger partial charge in [0.2, 0.25) is 0 Å². The van der Waals surface area contributed by atoms with Gasteiger partial charge in [-0.05, 0) is 24.3 Å². The number of allylic oxidation sites excluding steroid dienone is 1. The molecule has 0 aromatic heterocycles. The van der Waals surface area contributed by atoms with Crippen molar-refractivity contribution in [3.05, 3.63) is 36.0 Å². The van der Waals surface area contributed by atoms with Crippen molar-refractivity contribution in [3.63, 3.8) is 0 Å². The number of nitrogens with zero attached hydrogens (tertiary/aromatic N) is 2. The molecule has 0 fully saturated rings. The second kappa shape index (κ2) is 5.71. The number of anilines is 1. The van der Waals surface area contributed by atoms with Crippen LogP contribution in [0.1, 0.15) is 0 Å². The number of sulfone groups is 1. The van der Waals surface area contributed by atoms with Gasteiger partial charge in [-0.3, -0.25) is 0 Å². The third kappa shape index (κ3) is 3.81. The Hall–Kier alpha value is -2.51. The van der Waals surface area contributed by atoms with Crippen molar-refractivity contribution in [2.24, 2.45) is 0 Å². The zero-order valence-electron chi connectivity index (χ0n) is 9.51. The number of rotatable bonds is 4. The van der Waals surface area contributed by atoms with Crippen molar-refractivity contribution in [1.29, 1.82) is 10.5 Å². The van der Waals surface area contributed by atoms with Crippen LogP contribution in [-0.2, 0) is 9.84 Å². The molecule has 0 aliphatic heterocycles. The van der Waals surface area contributed by atoms with Crippen LogP contribution in [0.4, 0.5) is 5.69 Å². The molecule has 2 N–H and O–H groups in total. The molecule has 7 heteroatoms. The molecular weight excluding hydrogens is 252 g/mol. The third-order valence-electron chi connectivity index (χ3n) is 1.96.